The lowest BCUT2D eigenvalue weighted by molar-refractivity contribution is -0.156. The van der Waals surface area contributed by atoms with Crippen molar-refractivity contribution in [2.24, 2.45) is 11.1 Å². The Bertz CT molecular complexity index is 543. The second-order valence-electron chi connectivity index (χ2n) is 7.01. The number of benzene rings is 1. The SMILES string of the molecule is COc1ccc([C@](N)(CC(C)(C)C)C(=O)OC(C)C)c(F)c1.Cl. The molecule has 0 unspecified atom stereocenters. The molecule has 0 radical (unpaired) electrons. The number of carbonyl (C=O) groups excluding carboxylic acids is 1. The summed E-state index contributed by atoms with van der Waals surface area (Å²) in [6.45, 7) is 9.30. The molecule has 0 aromatic heterocycles. The van der Waals surface area contributed by atoms with Gasteiger partial charge < -0.3 is 15.2 Å². The Labute approximate surface area is 143 Å². The highest BCUT2D eigenvalue weighted by Crippen LogP contribution is 2.36. The predicted molar refractivity (Wildman–Crippen MR) is 91.4 cm³/mol. The number of ether oxygens (including phenoxy) is 2. The van der Waals surface area contributed by atoms with Gasteiger partial charge >= 0.3 is 5.97 Å². The normalized spacial score (nSPS) is 14.0. The Morgan fingerprint density at radius 3 is 2.26 bits per heavy atom. The molecule has 0 aliphatic rings. The second kappa shape index (κ2) is 7.97. The van der Waals surface area contributed by atoms with E-state index in [2.05, 4.69) is 0 Å². The van der Waals surface area contributed by atoms with Crippen LogP contribution in [-0.4, -0.2) is 19.2 Å². The van der Waals surface area contributed by atoms with Crippen molar-refractivity contribution in [1.82, 2.24) is 0 Å². The van der Waals surface area contributed by atoms with E-state index in [9.17, 15) is 9.18 Å². The van der Waals surface area contributed by atoms with E-state index in [1.807, 2.05) is 20.8 Å². The Hall–Kier alpha value is -1.33. The first kappa shape index (κ1) is 21.7. The van der Waals surface area contributed by atoms with Crippen molar-refractivity contribution in [2.45, 2.75) is 52.7 Å². The van der Waals surface area contributed by atoms with Gasteiger partial charge in [-0.15, -0.1) is 12.4 Å². The van der Waals surface area contributed by atoms with E-state index >= 15 is 0 Å². The zero-order valence-corrected chi connectivity index (χ0v) is 15.4. The topological polar surface area (TPSA) is 61.5 Å². The summed E-state index contributed by atoms with van der Waals surface area (Å²) < 4.78 is 24.7. The third kappa shape index (κ3) is 5.66. The molecule has 0 heterocycles. The zero-order chi connectivity index (χ0) is 17.1. The Kier molecular flexibility index (Phi) is 7.51. The maximum atomic E-state index is 14.4. The predicted octanol–water partition coefficient (Wildman–Crippen LogP) is 3.80. The van der Waals surface area contributed by atoms with Crippen molar-refractivity contribution in [1.29, 1.82) is 0 Å². The number of methoxy groups -OCH3 is 1. The van der Waals surface area contributed by atoms with Crippen molar-refractivity contribution in [2.75, 3.05) is 7.11 Å². The van der Waals surface area contributed by atoms with Crippen molar-refractivity contribution < 1.29 is 18.7 Å². The molecule has 0 aliphatic carbocycles. The molecule has 23 heavy (non-hydrogen) atoms. The molecule has 1 aromatic rings. The summed E-state index contributed by atoms with van der Waals surface area (Å²) in [5.41, 5.74) is 4.63. The first-order valence-corrected chi connectivity index (χ1v) is 7.33. The molecule has 0 bridgehead atoms. The molecule has 0 saturated carbocycles. The molecule has 0 aliphatic heterocycles. The number of rotatable bonds is 5. The molecule has 1 rings (SSSR count). The fourth-order valence-corrected chi connectivity index (χ4v) is 2.42. The van der Waals surface area contributed by atoms with Gasteiger partial charge in [0.05, 0.1) is 13.2 Å². The lowest BCUT2D eigenvalue weighted by Gasteiger charge is -2.34. The monoisotopic (exact) mass is 347 g/mol. The minimum atomic E-state index is -1.54. The highest BCUT2D eigenvalue weighted by molar-refractivity contribution is 5.85. The Morgan fingerprint density at radius 1 is 1.30 bits per heavy atom. The number of halogens is 2. The second-order valence-corrected chi connectivity index (χ2v) is 7.01. The third-order valence-corrected chi connectivity index (χ3v) is 3.17. The molecule has 6 heteroatoms. The fraction of sp³-hybridized carbons (Fsp3) is 0.588. The van der Waals surface area contributed by atoms with Gasteiger partial charge in [0.15, 0.2) is 0 Å². The molecule has 2 N–H and O–H groups in total. The van der Waals surface area contributed by atoms with E-state index in [-0.39, 0.29) is 35.9 Å². The van der Waals surface area contributed by atoms with Crippen molar-refractivity contribution in [3.05, 3.63) is 29.6 Å². The summed E-state index contributed by atoms with van der Waals surface area (Å²) in [5.74, 6) is -0.829. The minimum absolute atomic E-state index is 0. The summed E-state index contributed by atoms with van der Waals surface area (Å²) in [4.78, 5) is 12.5. The van der Waals surface area contributed by atoms with Crippen molar-refractivity contribution in [3.8, 4) is 5.75 Å². The summed E-state index contributed by atoms with van der Waals surface area (Å²) in [6.07, 6.45) is -0.0638. The first-order chi connectivity index (χ1) is 9.99. The van der Waals surface area contributed by atoms with E-state index < -0.39 is 17.3 Å². The average Bonchev–Trinajstić information content (AvgIpc) is 2.35. The number of nitrogens with two attached hydrogens (primary N) is 1. The third-order valence-electron chi connectivity index (χ3n) is 3.17. The van der Waals surface area contributed by atoms with E-state index in [4.69, 9.17) is 15.2 Å². The molecule has 0 amide bonds. The molecular weight excluding hydrogens is 321 g/mol. The maximum absolute atomic E-state index is 14.4. The van der Waals surface area contributed by atoms with Crippen molar-refractivity contribution in [3.63, 3.8) is 0 Å². The smallest absolute Gasteiger partial charge is 0.331 e. The van der Waals surface area contributed by atoms with Crippen LogP contribution in [0.2, 0.25) is 0 Å². The van der Waals surface area contributed by atoms with E-state index in [0.717, 1.165) is 0 Å². The zero-order valence-electron chi connectivity index (χ0n) is 14.6. The van der Waals surface area contributed by atoms with Crippen LogP contribution in [0.3, 0.4) is 0 Å². The van der Waals surface area contributed by atoms with Gasteiger partial charge in [0, 0.05) is 11.6 Å². The maximum Gasteiger partial charge on any atom is 0.331 e. The van der Waals surface area contributed by atoms with Gasteiger partial charge in [0.2, 0.25) is 0 Å². The molecule has 1 aromatic carbocycles. The van der Waals surface area contributed by atoms with E-state index in [0.29, 0.717) is 5.75 Å². The molecule has 0 spiro atoms. The fourth-order valence-electron chi connectivity index (χ4n) is 2.42. The van der Waals surface area contributed by atoms with Gasteiger partial charge in [-0.05, 0) is 37.8 Å². The van der Waals surface area contributed by atoms with Crippen LogP contribution in [0.15, 0.2) is 18.2 Å². The van der Waals surface area contributed by atoms with Crippen LogP contribution in [0.25, 0.3) is 0 Å². The van der Waals surface area contributed by atoms with Crippen LogP contribution in [-0.2, 0) is 15.1 Å². The standard InChI is InChI=1S/C17H26FNO3.ClH/c1-11(2)22-15(20)17(19,10-16(3,4)5)13-8-7-12(21-6)9-14(13)18;/h7-9,11H,10,19H2,1-6H3;1H/t17-;/m1./s1. The van der Waals surface area contributed by atoms with Crippen LogP contribution >= 0.6 is 12.4 Å². The summed E-state index contributed by atoms with van der Waals surface area (Å²) in [7, 11) is 1.45. The lowest BCUT2D eigenvalue weighted by Crippen LogP contribution is -2.49. The van der Waals surface area contributed by atoms with Gasteiger partial charge in [-0.1, -0.05) is 20.8 Å². The van der Waals surface area contributed by atoms with Gasteiger partial charge in [-0.3, -0.25) is 0 Å². The van der Waals surface area contributed by atoms with E-state index in [1.54, 1.807) is 19.9 Å². The highest BCUT2D eigenvalue weighted by atomic mass is 35.5. The minimum Gasteiger partial charge on any atom is -0.497 e. The Balaban J connectivity index is 0.00000484. The number of carbonyl (C=O) groups is 1. The lowest BCUT2D eigenvalue weighted by atomic mass is 9.76. The molecule has 0 saturated heterocycles. The van der Waals surface area contributed by atoms with Crippen LogP contribution in [0.4, 0.5) is 4.39 Å². The van der Waals surface area contributed by atoms with Crippen LogP contribution in [0.1, 0.15) is 46.6 Å². The number of hydrogen-bond donors (Lipinski definition) is 1. The van der Waals surface area contributed by atoms with Crippen LogP contribution in [0.5, 0.6) is 5.75 Å². The summed E-state index contributed by atoms with van der Waals surface area (Å²) in [5, 5.41) is 0. The van der Waals surface area contributed by atoms with Crippen LogP contribution < -0.4 is 10.5 Å². The van der Waals surface area contributed by atoms with Gasteiger partial charge in [-0.25, -0.2) is 9.18 Å². The molecular formula is C17H27ClFNO3. The molecule has 0 fully saturated rings. The van der Waals surface area contributed by atoms with E-state index in [1.165, 1.54) is 19.2 Å². The number of hydrogen-bond acceptors (Lipinski definition) is 4. The summed E-state index contributed by atoms with van der Waals surface area (Å²) >= 11 is 0. The average molecular weight is 348 g/mol. The van der Waals surface area contributed by atoms with Crippen LogP contribution in [0, 0.1) is 11.2 Å². The number of esters is 1. The van der Waals surface area contributed by atoms with Gasteiger partial charge in [0.1, 0.15) is 17.1 Å². The van der Waals surface area contributed by atoms with Gasteiger partial charge in [-0.2, -0.15) is 0 Å². The highest BCUT2D eigenvalue weighted by Gasteiger charge is 2.43. The molecule has 1 atom stereocenters. The first-order valence-electron chi connectivity index (χ1n) is 7.33. The quantitative estimate of drug-likeness (QED) is 0.823. The van der Waals surface area contributed by atoms with Gasteiger partial charge in [0.25, 0.3) is 0 Å². The molecule has 132 valence electrons. The van der Waals surface area contributed by atoms with Crippen molar-refractivity contribution >= 4 is 18.4 Å². The summed E-state index contributed by atoms with van der Waals surface area (Å²) in [6, 6.07) is 4.30. The largest absolute Gasteiger partial charge is 0.497 e. The molecule has 4 nitrogen and oxygen atoms in total. The Morgan fingerprint density at radius 2 is 1.87 bits per heavy atom.